The van der Waals surface area contributed by atoms with Gasteiger partial charge in [-0.3, -0.25) is 0 Å². The third-order valence-corrected chi connectivity index (χ3v) is 3.98. The Bertz CT molecular complexity index is 77.8. The fourth-order valence-corrected chi connectivity index (χ4v) is 1.98. The fourth-order valence-electron chi connectivity index (χ4n) is 0.587. The monoisotopic (exact) mass is 386 g/mol. The standard InChI is InChI=1S/C6H15BrO2Si.2BrH/c1-3-8-6(2)9-10-5-4-7;;/h6H,3-5,10H2,1-2H3;2*1H. The summed E-state index contributed by atoms with van der Waals surface area (Å²) in [4.78, 5) is 0. The number of hydrogen-bond acceptors (Lipinski definition) is 2. The minimum absolute atomic E-state index is 0. The van der Waals surface area contributed by atoms with Crippen LogP contribution in [0.2, 0.25) is 6.04 Å². The zero-order valence-electron chi connectivity index (χ0n) is 7.42. The summed E-state index contributed by atoms with van der Waals surface area (Å²) in [5.74, 6) is 0. The van der Waals surface area contributed by atoms with Gasteiger partial charge in [0, 0.05) is 11.9 Å². The van der Waals surface area contributed by atoms with E-state index in [-0.39, 0.29) is 50.0 Å². The predicted molar refractivity (Wildman–Crippen MR) is 70.0 cm³/mol. The maximum absolute atomic E-state index is 5.41. The lowest BCUT2D eigenvalue weighted by molar-refractivity contribution is -0.0604. The Hall–Kier alpha value is 1.58. The molecule has 78 valence electrons. The van der Waals surface area contributed by atoms with Gasteiger partial charge in [0.2, 0.25) is 0 Å². The molecule has 0 rings (SSSR count). The molecule has 0 aliphatic rings. The minimum atomic E-state index is -0.328. The molecule has 0 N–H and O–H groups in total. The molecule has 0 aliphatic heterocycles. The molecular weight excluding hydrogens is 372 g/mol. The smallest absolute Gasteiger partial charge is 0.165 e. The molecule has 0 saturated heterocycles. The van der Waals surface area contributed by atoms with Crippen LogP contribution in [-0.2, 0) is 9.16 Å². The highest BCUT2D eigenvalue weighted by Gasteiger charge is 1.98. The molecule has 0 spiro atoms. The van der Waals surface area contributed by atoms with Crippen molar-refractivity contribution in [3.05, 3.63) is 0 Å². The molecule has 0 aliphatic carbocycles. The van der Waals surface area contributed by atoms with Crippen LogP contribution in [0.5, 0.6) is 0 Å². The van der Waals surface area contributed by atoms with Crippen LogP contribution in [0.15, 0.2) is 0 Å². The van der Waals surface area contributed by atoms with Crippen molar-refractivity contribution in [2.24, 2.45) is 0 Å². The van der Waals surface area contributed by atoms with Crippen molar-refractivity contribution in [2.45, 2.75) is 26.2 Å². The van der Waals surface area contributed by atoms with Gasteiger partial charge in [0.25, 0.3) is 0 Å². The van der Waals surface area contributed by atoms with E-state index in [2.05, 4.69) is 15.9 Å². The van der Waals surface area contributed by atoms with E-state index in [0.29, 0.717) is 0 Å². The van der Waals surface area contributed by atoms with E-state index < -0.39 is 0 Å². The topological polar surface area (TPSA) is 18.5 Å². The average molecular weight is 389 g/mol. The first kappa shape index (κ1) is 19.2. The molecule has 0 saturated carbocycles. The molecule has 1 atom stereocenters. The van der Waals surface area contributed by atoms with Crippen LogP contribution < -0.4 is 0 Å². The van der Waals surface area contributed by atoms with E-state index in [1.54, 1.807) is 0 Å². The number of rotatable bonds is 6. The molecule has 0 radical (unpaired) electrons. The summed E-state index contributed by atoms with van der Waals surface area (Å²) in [5, 5.41) is 1.05. The predicted octanol–water partition coefficient (Wildman–Crippen LogP) is 2.44. The zero-order chi connectivity index (χ0) is 7.82. The molecule has 0 aromatic rings. The molecule has 1 unspecified atom stereocenters. The molecule has 0 heterocycles. The molecule has 0 aromatic heterocycles. The van der Waals surface area contributed by atoms with Gasteiger partial charge in [-0.15, -0.1) is 34.0 Å². The Morgan fingerprint density at radius 2 is 2.00 bits per heavy atom. The van der Waals surface area contributed by atoms with Crippen LogP contribution in [0.4, 0.5) is 0 Å². The Labute approximate surface area is 106 Å². The third-order valence-electron chi connectivity index (χ3n) is 1.03. The second-order valence-corrected chi connectivity index (χ2v) is 4.18. The lowest BCUT2D eigenvalue weighted by Gasteiger charge is -2.11. The Morgan fingerprint density at radius 3 is 2.42 bits per heavy atom. The molecule has 0 amide bonds. The van der Waals surface area contributed by atoms with E-state index in [9.17, 15) is 0 Å². The first-order valence-corrected chi connectivity index (χ1v) is 6.30. The second-order valence-electron chi connectivity index (χ2n) is 1.94. The second kappa shape index (κ2) is 15.1. The van der Waals surface area contributed by atoms with Gasteiger partial charge in [0.1, 0.15) is 6.29 Å². The van der Waals surface area contributed by atoms with E-state index in [0.717, 1.165) is 11.9 Å². The zero-order valence-corrected chi connectivity index (χ0v) is 13.8. The quantitative estimate of drug-likeness (QED) is 0.301. The summed E-state index contributed by atoms with van der Waals surface area (Å²) in [6, 6.07) is 1.18. The van der Waals surface area contributed by atoms with Crippen molar-refractivity contribution in [3.8, 4) is 0 Å². The first-order valence-electron chi connectivity index (χ1n) is 3.60. The van der Waals surface area contributed by atoms with Crippen LogP contribution in [0.3, 0.4) is 0 Å². The van der Waals surface area contributed by atoms with Crippen molar-refractivity contribution < 1.29 is 9.16 Å². The summed E-state index contributed by atoms with van der Waals surface area (Å²) in [5.41, 5.74) is 0. The molecule has 0 fully saturated rings. The van der Waals surface area contributed by atoms with Crippen LogP contribution in [0.1, 0.15) is 13.8 Å². The van der Waals surface area contributed by atoms with E-state index in [4.69, 9.17) is 9.16 Å². The van der Waals surface area contributed by atoms with Gasteiger partial charge in [-0.1, -0.05) is 15.9 Å². The molecule has 2 nitrogen and oxygen atoms in total. The van der Waals surface area contributed by atoms with Crippen LogP contribution in [-0.4, -0.2) is 28.0 Å². The van der Waals surface area contributed by atoms with Crippen LogP contribution in [0.25, 0.3) is 0 Å². The lowest BCUT2D eigenvalue weighted by atomic mass is 10.7. The Kier molecular flexibility index (Phi) is 24.1. The van der Waals surface area contributed by atoms with Crippen LogP contribution in [0, 0.1) is 0 Å². The summed E-state index contributed by atoms with van der Waals surface area (Å²) >= 11 is 3.35. The maximum atomic E-state index is 5.41. The number of alkyl halides is 1. The average Bonchev–Trinajstić information content (AvgIpc) is 1.89. The van der Waals surface area contributed by atoms with Gasteiger partial charge in [0.05, 0.1) is 0 Å². The van der Waals surface area contributed by atoms with Crippen molar-refractivity contribution in [2.75, 3.05) is 11.9 Å². The van der Waals surface area contributed by atoms with Gasteiger partial charge >= 0.3 is 0 Å². The van der Waals surface area contributed by atoms with Crippen molar-refractivity contribution >= 4 is 59.7 Å². The fraction of sp³-hybridized carbons (Fsp3) is 1.00. The molecule has 0 aromatic carbocycles. The van der Waals surface area contributed by atoms with Gasteiger partial charge in [-0.05, 0) is 19.9 Å². The van der Waals surface area contributed by atoms with E-state index >= 15 is 0 Å². The Morgan fingerprint density at radius 1 is 1.42 bits per heavy atom. The maximum Gasteiger partial charge on any atom is 0.165 e. The minimum Gasteiger partial charge on any atom is -0.400 e. The van der Waals surface area contributed by atoms with Gasteiger partial charge in [-0.25, -0.2) is 0 Å². The van der Waals surface area contributed by atoms with Gasteiger partial charge < -0.3 is 9.16 Å². The third kappa shape index (κ3) is 14.1. The highest BCUT2D eigenvalue weighted by atomic mass is 79.9. The number of halogens is 3. The summed E-state index contributed by atoms with van der Waals surface area (Å²) in [6.07, 6.45) is 0.00992. The summed E-state index contributed by atoms with van der Waals surface area (Å²) < 4.78 is 10.6. The van der Waals surface area contributed by atoms with Crippen LogP contribution >= 0.6 is 49.9 Å². The first-order chi connectivity index (χ1) is 4.81. The van der Waals surface area contributed by atoms with Crippen molar-refractivity contribution in [1.82, 2.24) is 0 Å². The summed E-state index contributed by atoms with van der Waals surface area (Å²) in [7, 11) is -0.328. The number of ether oxygens (including phenoxy) is 1. The number of hydrogen-bond donors (Lipinski definition) is 0. The normalized spacial score (nSPS) is 12.2. The molecule has 6 heteroatoms. The molecular formula is C6H17Br3O2Si. The SMILES string of the molecule is Br.Br.CCOC(C)O[SiH2]CCBr. The highest BCUT2D eigenvalue weighted by Crippen LogP contribution is 1.94. The molecule has 12 heavy (non-hydrogen) atoms. The van der Waals surface area contributed by atoms with Crippen molar-refractivity contribution in [1.29, 1.82) is 0 Å². The Balaban J connectivity index is -0.000000405. The van der Waals surface area contributed by atoms with Gasteiger partial charge in [-0.2, -0.15) is 0 Å². The largest absolute Gasteiger partial charge is 0.400 e. The van der Waals surface area contributed by atoms with Gasteiger partial charge in [0.15, 0.2) is 9.76 Å². The lowest BCUT2D eigenvalue weighted by Crippen LogP contribution is -2.15. The molecule has 0 bridgehead atoms. The van der Waals surface area contributed by atoms with Crippen molar-refractivity contribution in [3.63, 3.8) is 0 Å². The highest BCUT2D eigenvalue weighted by molar-refractivity contribution is 9.09. The summed E-state index contributed by atoms with van der Waals surface area (Å²) in [6.45, 7) is 4.67. The van der Waals surface area contributed by atoms with E-state index in [1.165, 1.54) is 6.04 Å². The van der Waals surface area contributed by atoms with E-state index in [1.807, 2.05) is 13.8 Å².